The lowest BCUT2D eigenvalue weighted by Crippen LogP contribution is -2.52. The van der Waals surface area contributed by atoms with Gasteiger partial charge >= 0.3 is 0 Å². The molecule has 1 aliphatic rings. The van der Waals surface area contributed by atoms with E-state index in [4.69, 9.17) is 11.6 Å². The van der Waals surface area contributed by atoms with Crippen molar-refractivity contribution in [1.29, 1.82) is 0 Å². The van der Waals surface area contributed by atoms with Crippen molar-refractivity contribution in [3.05, 3.63) is 34.3 Å². The van der Waals surface area contributed by atoms with Gasteiger partial charge in [-0.15, -0.1) is 0 Å². The summed E-state index contributed by atoms with van der Waals surface area (Å²) in [5.41, 5.74) is 2.93. The van der Waals surface area contributed by atoms with Gasteiger partial charge < -0.3 is 5.32 Å². The molecule has 0 atom stereocenters. The molecule has 0 radical (unpaired) electrons. The van der Waals surface area contributed by atoms with Gasteiger partial charge in [0.2, 0.25) is 0 Å². The minimum atomic E-state index is 0.416. The molecule has 2 rings (SSSR count). The van der Waals surface area contributed by atoms with Gasteiger partial charge in [-0.2, -0.15) is 0 Å². The minimum absolute atomic E-state index is 0.416. The fraction of sp³-hybridized carbons (Fsp3) is 0.500. The first-order valence-corrected chi connectivity index (χ1v) is 5.43. The summed E-state index contributed by atoms with van der Waals surface area (Å²) in [7, 11) is 0. The van der Waals surface area contributed by atoms with Gasteiger partial charge in [-0.1, -0.05) is 30.7 Å². The van der Waals surface area contributed by atoms with E-state index >= 15 is 0 Å². The molecular formula is C12H16ClN. The molecule has 1 heterocycles. The van der Waals surface area contributed by atoms with Crippen molar-refractivity contribution in [2.75, 3.05) is 13.1 Å². The highest BCUT2D eigenvalue weighted by molar-refractivity contribution is 6.31. The number of hydrogen-bond acceptors (Lipinski definition) is 1. The van der Waals surface area contributed by atoms with Crippen LogP contribution >= 0.6 is 11.6 Å². The molecule has 1 nitrogen and oxygen atoms in total. The van der Waals surface area contributed by atoms with Crippen LogP contribution < -0.4 is 5.32 Å². The molecule has 1 aliphatic heterocycles. The van der Waals surface area contributed by atoms with E-state index in [1.165, 1.54) is 11.1 Å². The van der Waals surface area contributed by atoms with E-state index in [2.05, 4.69) is 31.3 Å². The van der Waals surface area contributed by atoms with E-state index in [1.807, 2.05) is 6.07 Å². The molecule has 2 heteroatoms. The Kier molecular flexibility index (Phi) is 2.54. The van der Waals surface area contributed by atoms with E-state index in [9.17, 15) is 0 Å². The quantitative estimate of drug-likeness (QED) is 0.790. The first-order valence-electron chi connectivity index (χ1n) is 5.05. The van der Waals surface area contributed by atoms with Crippen LogP contribution in [-0.4, -0.2) is 13.1 Å². The van der Waals surface area contributed by atoms with Gasteiger partial charge in [-0.25, -0.2) is 0 Å². The largest absolute Gasteiger partial charge is 0.316 e. The van der Waals surface area contributed by atoms with Crippen LogP contribution in [0.2, 0.25) is 5.02 Å². The van der Waals surface area contributed by atoms with E-state index in [0.717, 1.165) is 24.5 Å². The van der Waals surface area contributed by atoms with Crippen molar-refractivity contribution in [3.63, 3.8) is 0 Å². The van der Waals surface area contributed by atoms with Crippen molar-refractivity contribution < 1.29 is 0 Å². The van der Waals surface area contributed by atoms with Crippen molar-refractivity contribution in [2.24, 2.45) is 5.41 Å². The molecule has 14 heavy (non-hydrogen) atoms. The highest BCUT2D eigenvalue weighted by atomic mass is 35.5. The van der Waals surface area contributed by atoms with Gasteiger partial charge in [0.05, 0.1) is 0 Å². The summed E-state index contributed by atoms with van der Waals surface area (Å²) in [5.74, 6) is 0. The van der Waals surface area contributed by atoms with Crippen LogP contribution in [0.25, 0.3) is 0 Å². The third-order valence-electron chi connectivity index (χ3n) is 2.93. The molecule has 0 aromatic heterocycles. The maximum atomic E-state index is 6.20. The van der Waals surface area contributed by atoms with Crippen molar-refractivity contribution >= 4 is 11.6 Å². The van der Waals surface area contributed by atoms with E-state index in [1.54, 1.807) is 0 Å². The average molecular weight is 210 g/mol. The first-order chi connectivity index (χ1) is 6.59. The second-order valence-corrected chi connectivity index (χ2v) is 5.09. The summed E-state index contributed by atoms with van der Waals surface area (Å²) in [5, 5.41) is 4.22. The van der Waals surface area contributed by atoms with Crippen molar-refractivity contribution in [2.45, 2.75) is 20.3 Å². The molecule has 1 fully saturated rings. The Hall–Kier alpha value is -0.530. The van der Waals surface area contributed by atoms with Crippen LogP contribution in [-0.2, 0) is 6.42 Å². The maximum Gasteiger partial charge on any atom is 0.0440 e. The van der Waals surface area contributed by atoms with Crippen molar-refractivity contribution in [1.82, 2.24) is 5.32 Å². The first kappa shape index (κ1) is 10.0. The lowest BCUT2D eigenvalue weighted by atomic mass is 9.78. The van der Waals surface area contributed by atoms with Crippen LogP contribution in [0, 0.1) is 12.3 Å². The number of rotatable bonds is 2. The summed E-state index contributed by atoms with van der Waals surface area (Å²) in [4.78, 5) is 0. The average Bonchev–Trinajstić information content (AvgIpc) is 2.07. The summed E-state index contributed by atoms with van der Waals surface area (Å²) < 4.78 is 0. The van der Waals surface area contributed by atoms with E-state index < -0.39 is 0 Å². The predicted octanol–water partition coefficient (Wildman–Crippen LogP) is 2.80. The molecule has 1 aromatic rings. The highest BCUT2D eigenvalue weighted by Crippen LogP contribution is 2.30. The SMILES string of the molecule is Cc1ccc(CC2(C)CNC2)c(Cl)c1. The fourth-order valence-corrected chi connectivity index (χ4v) is 2.23. The second kappa shape index (κ2) is 3.56. The monoisotopic (exact) mass is 209 g/mol. The summed E-state index contributed by atoms with van der Waals surface area (Å²) in [6.07, 6.45) is 1.08. The fourth-order valence-electron chi connectivity index (χ4n) is 1.93. The minimum Gasteiger partial charge on any atom is -0.316 e. The topological polar surface area (TPSA) is 12.0 Å². The van der Waals surface area contributed by atoms with Gasteiger partial charge in [0, 0.05) is 18.1 Å². The number of benzene rings is 1. The molecule has 0 saturated carbocycles. The highest BCUT2D eigenvalue weighted by Gasteiger charge is 2.31. The van der Waals surface area contributed by atoms with E-state index in [0.29, 0.717) is 5.41 Å². The van der Waals surface area contributed by atoms with Crippen LogP contribution in [0.5, 0.6) is 0 Å². The molecule has 0 aliphatic carbocycles. The Labute approximate surface area is 90.5 Å². The normalized spacial score (nSPS) is 19.1. The van der Waals surface area contributed by atoms with Gasteiger partial charge in [-0.3, -0.25) is 0 Å². The van der Waals surface area contributed by atoms with Gasteiger partial charge in [0.1, 0.15) is 0 Å². The van der Waals surface area contributed by atoms with Crippen LogP contribution in [0.3, 0.4) is 0 Å². The lowest BCUT2D eigenvalue weighted by molar-refractivity contribution is 0.195. The zero-order chi connectivity index (χ0) is 10.2. The molecule has 1 saturated heterocycles. The number of hydrogen-bond donors (Lipinski definition) is 1. The molecule has 0 amide bonds. The lowest BCUT2D eigenvalue weighted by Gasteiger charge is -2.39. The predicted molar refractivity (Wildman–Crippen MR) is 60.9 cm³/mol. The third-order valence-corrected chi connectivity index (χ3v) is 3.28. The maximum absolute atomic E-state index is 6.20. The number of aryl methyl sites for hydroxylation is 1. The summed E-state index contributed by atoms with van der Waals surface area (Å²) in [6, 6.07) is 6.34. The van der Waals surface area contributed by atoms with Crippen LogP contribution in [0.1, 0.15) is 18.1 Å². The molecule has 0 bridgehead atoms. The van der Waals surface area contributed by atoms with Gasteiger partial charge in [-0.05, 0) is 36.0 Å². The Morgan fingerprint density at radius 1 is 1.43 bits per heavy atom. The van der Waals surface area contributed by atoms with E-state index in [-0.39, 0.29) is 0 Å². The standard InChI is InChI=1S/C12H16ClN/c1-9-3-4-10(11(13)5-9)6-12(2)7-14-8-12/h3-5,14H,6-8H2,1-2H3. The second-order valence-electron chi connectivity index (χ2n) is 4.69. The van der Waals surface area contributed by atoms with Crippen molar-refractivity contribution in [3.8, 4) is 0 Å². The molecule has 0 unspecified atom stereocenters. The summed E-state index contributed by atoms with van der Waals surface area (Å²) >= 11 is 6.20. The molecule has 76 valence electrons. The Bertz CT molecular complexity index is 342. The Morgan fingerprint density at radius 2 is 2.14 bits per heavy atom. The Morgan fingerprint density at radius 3 is 2.64 bits per heavy atom. The number of nitrogens with one attached hydrogen (secondary N) is 1. The molecule has 0 spiro atoms. The smallest absolute Gasteiger partial charge is 0.0440 e. The zero-order valence-electron chi connectivity index (χ0n) is 8.73. The van der Waals surface area contributed by atoms with Crippen LogP contribution in [0.4, 0.5) is 0 Å². The summed E-state index contributed by atoms with van der Waals surface area (Å²) in [6.45, 7) is 6.59. The molecule has 1 N–H and O–H groups in total. The van der Waals surface area contributed by atoms with Gasteiger partial charge in [0.25, 0.3) is 0 Å². The number of halogens is 1. The van der Waals surface area contributed by atoms with Crippen LogP contribution in [0.15, 0.2) is 18.2 Å². The Balaban J connectivity index is 2.16. The zero-order valence-corrected chi connectivity index (χ0v) is 9.49. The van der Waals surface area contributed by atoms with Gasteiger partial charge in [0.15, 0.2) is 0 Å². The third kappa shape index (κ3) is 1.94. The molecular weight excluding hydrogens is 194 g/mol. The molecule has 1 aromatic carbocycles.